The van der Waals surface area contributed by atoms with E-state index < -0.39 is 10.8 Å². The number of nitro benzene ring substituents is 1. The van der Waals surface area contributed by atoms with Crippen molar-refractivity contribution in [2.24, 2.45) is 5.10 Å². The minimum absolute atomic E-state index is 0.0358. The molecule has 0 unspecified atom stereocenters. The molecule has 0 aliphatic carbocycles. The second kappa shape index (κ2) is 8.21. The molecule has 2 aromatic carbocycles. The van der Waals surface area contributed by atoms with Crippen molar-refractivity contribution in [3.8, 4) is 5.75 Å². The van der Waals surface area contributed by atoms with E-state index in [1.807, 2.05) is 6.07 Å². The highest BCUT2D eigenvalue weighted by molar-refractivity contribution is 9.10. The van der Waals surface area contributed by atoms with Crippen molar-refractivity contribution in [3.05, 3.63) is 68.7 Å². The number of hydrogen-bond donors (Lipinski definition) is 1. The standard InChI is InChI=1S/C16H14BrN3O4/c1-11(12-4-2-6-14(8-12)20(22)23)18-19-16(21)10-24-15-7-3-5-13(17)9-15/h2-9H,10H2,1H3,(H,19,21)/b18-11+. The van der Waals surface area contributed by atoms with Gasteiger partial charge in [0.1, 0.15) is 5.75 Å². The number of nitrogens with one attached hydrogen (secondary N) is 1. The van der Waals surface area contributed by atoms with Crippen LogP contribution < -0.4 is 10.2 Å². The molecule has 24 heavy (non-hydrogen) atoms. The van der Waals surface area contributed by atoms with Gasteiger partial charge in [-0.2, -0.15) is 5.10 Å². The molecule has 0 atom stereocenters. The van der Waals surface area contributed by atoms with Crippen molar-refractivity contribution >= 4 is 33.2 Å². The molecule has 0 aliphatic heterocycles. The molecular formula is C16H14BrN3O4. The maximum atomic E-state index is 11.7. The number of ether oxygens (including phenoxy) is 1. The first-order valence-electron chi connectivity index (χ1n) is 6.92. The fraction of sp³-hybridized carbons (Fsp3) is 0.125. The summed E-state index contributed by atoms with van der Waals surface area (Å²) in [6, 6.07) is 13.1. The van der Waals surface area contributed by atoms with E-state index in [0.29, 0.717) is 17.0 Å². The highest BCUT2D eigenvalue weighted by Crippen LogP contribution is 2.17. The Hall–Kier alpha value is -2.74. The van der Waals surface area contributed by atoms with Crippen LogP contribution in [0, 0.1) is 10.1 Å². The summed E-state index contributed by atoms with van der Waals surface area (Å²) in [5, 5.41) is 14.7. The minimum atomic E-state index is -0.485. The number of nitrogens with zero attached hydrogens (tertiary/aromatic N) is 2. The number of amides is 1. The van der Waals surface area contributed by atoms with E-state index >= 15 is 0 Å². The lowest BCUT2D eigenvalue weighted by atomic mass is 10.1. The van der Waals surface area contributed by atoms with E-state index in [4.69, 9.17) is 4.74 Å². The maximum absolute atomic E-state index is 11.7. The Morgan fingerprint density at radius 2 is 2.04 bits per heavy atom. The van der Waals surface area contributed by atoms with Crippen molar-refractivity contribution < 1.29 is 14.5 Å². The lowest BCUT2D eigenvalue weighted by molar-refractivity contribution is -0.384. The Kier molecular flexibility index (Phi) is 6.02. The first-order chi connectivity index (χ1) is 11.5. The monoisotopic (exact) mass is 391 g/mol. The number of non-ortho nitro benzene ring substituents is 1. The molecule has 0 saturated heterocycles. The zero-order valence-electron chi connectivity index (χ0n) is 12.7. The van der Waals surface area contributed by atoms with Gasteiger partial charge in [0.25, 0.3) is 11.6 Å². The maximum Gasteiger partial charge on any atom is 0.277 e. The topological polar surface area (TPSA) is 93.8 Å². The molecule has 7 nitrogen and oxygen atoms in total. The van der Waals surface area contributed by atoms with E-state index in [2.05, 4.69) is 26.5 Å². The normalized spacial score (nSPS) is 11.0. The van der Waals surface area contributed by atoms with E-state index in [9.17, 15) is 14.9 Å². The summed E-state index contributed by atoms with van der Waals surface area (Å²) in [5.41, 5.74) is 3.33. The van der Waals surface area contributed by atoms with Gasteiger partial charge in [-0.3, -0.25) is 14.9 Å². The zero-order chi connectivity index (χ0) is 17.5. The van der Waals surface area contributed by atoms with Crippen molar-refractivity contribution in [1.29, 1.82) is 0 Å². The van der Waals surface area contributed by atoms with Crippen molar-refractivity contribution in [1.82, 2.24) is 5.43 Å². The largest absolute Gasteiger partial charge is 0.484 e. The molecule has 1 N–H and O–H groups in total. The minimum Gasteiger partial charge on any atom is -0.484 e. The van der Waals surface area contributed by atoms with Gasteiger partial charge in [0.05, 0.1) is 10.6 Å². The number of carbonyl (C=O) groups is 1. The van der Waals surface area contributed by atoms with Gasteiger partial charge in [-0.05, 0) is 25.1 Å². The predicted octanol–water partition coefficient (Wildman–Crippen LogP) is 3.28. The van der Waals surface area contributed by atoms with E-state index in [1.54, 1.807) is 37.3 Å². The highest BCUT2D eigenvalue weighted by atomic mass is 79.9. The molecular weight excluding hydrogens is 378 g/mol. The zero-order valence-corrected chi connectivity index (χ0v) is 14.3. The summed E-state index contributed by atoms with van der Waals surface area (Å²) < 4.78 is 6.18. The molecule has 0 spiro atoms. The SMILES string of the molecule is C/C(=N\NC(=O)COc1cccc(Br)c1)c1cccc([N+](=O)[O-])c1. The first-order valence-corrected chi connectivity index (χ1v) is 7.71. The van der Waals surface area contributed by atoms with E-state index in [0.717, 1.165) is 4.47 Å². The molecule has 0 radical (unpaired) electrons. The van der Waals surface area contributed by atoms with E-state index in [-0.39, 0.29) is 12.3 Å². The third-order valence-corrected chi connectivity index (χ3v) is 3.48. The van der Waals surface area contributed by atoms with Crippen LogP contribution in [-0.4, -0.2) is 23.1 Å². The Morgan fingerprint density at radius 1 is 1.29 bits per heavy atom. The van der Waals surface area contributed by atoms with E-state index in [1.165, 1.54) is 12.1 Å². The van der Waals surface area contributed by atoms with Crippen LogP contribution in [-0.2, 0) is 4.79 Å². The fourth-order valence-electron chi connectivity index (χ4n) is 1.79. The van der Waals surface area contributed by atoms with Crippen LogP contribution in [0.15, 0.2) is 58.1 Å². The second-order valence-electron chi connectivity index (χ2n) is 4.79. The summed E-state index contributed by atoms with van der Waals surface area (Å²) in [6.07, 6.45) is 0. The van der Waals surface area contributed by atoms with Crippen molar-refractivity contribution in [3.63, 3.8) is 0 Å². The number of hydrazone groups is 1. The van der Waals surface area contributed by atoms with Crippen LogP contribution in [0.2, 0.25) is 0 Å². The quantitative estimate of drug-likeness (QED) is 0.464. The molecule has 0 aromatic heterocycles. The van der Waals surface area contributed by atoms with Gasteiger partial charge in [0, 0.05) is 22.2 Å². The molecule has 0 saturated carbocycles. The second-order valence-corrected chi connectivity index (χ2v) is 5.70. The molecule has 2 aromatic rings. The Morgan fingerprint density at radius 3 is 2.75 bits per heavy atom. The molecule has 0 fully saturated rings. The Labute approximate surface area is 146 Å². The van der Waals surface area contributed by atoms with Crippen LogP contribution in [0.1, 0.15) is 12.5 Å². The van der Waals surface area contributed by atoms with Gasteiger partial charge in [0.15, 0.2) is 6.61 Å². The van der Waals surface area contributed by atoms with Gasteiger partial charge >= 0.3 is 0 Å². The summed E-state index contributed by atoms with van der Waals surface area (Å²) in [4.78, 5) is 22.0. The van der Waals surface area contributed by atoms with Crippen LogP contribution in [0.25, 0.3) is 0 Å². The molecule has 1 amide bonds. The number of benzene rings is 2. The average molecular weight is 392 g/mol. The van der Waals surface area contributed by atoms with Gasteiger partial charge < -0.3 is 4.74 Å². The lowest BCUT2D eigenvalue weighted by Gasteiger charge is -2.06. The van der Waals surface area contributed by atoms with Crippen LogP contribution in [0.5, 0.6) is 5.75 Å². The average Bonchev–Trinajstić information content (AvgIpc) is 2.58. The Balaban J connectivity index is 1.93. The number of hydrogen-bond acceptors (Lipinski definition) is 5. The molecule has 0 aliphatic rings. The summed E-state index contributed by atoms with van der Waals surface area (Å²) in [7, 11) is 0. The number of halogens is 1. The Bertz CT molecular complexity index is 792. The van der Waals surface area contributed by atoms with Crippen LogP contribution in [0.3, 0.4) is 0 Å². The van der Waals surface area contributed by atoms with Crippen molar-refractivity contribution in [2.45, 2.75) is 6.92 Å². The smallest absolute Gasteiger partial charge is 0.277 e. The van der Waals surface area contributed by atoms with Crippen LogP contribution >= 0.6 is 15.9 Å². The summed E-state index contributed by atoms with van der Waals surface area (Å²) in [6.45, 7) is 1.46. The number of rotatable bonds is 6. The van der Waals surface area contributed by atoms with Crippen LogP contribution in [0.4, 0.5) is 5.69 Å². The summed E-state index contributed by atoms with van der Waals surface area (Å²) >= 11 is 3.31. The van der Waals surface area contributed by atoms with Gasteiger partial charge in [-0.25, -0.2) is 5.43 Å². The lowest BCUT2D eigenvalue weighted by Crippen LogP contribution is -2.25. The number of carbonyl (C=O) groups excluding carboxylic acids is 1. The van der Waals surface area contributed by atoms with Gasteiger partial charge in [0.2, 0.25) is 0 Å². The van der Waals surface area contributed by atoms with Crippen molar-refractivity contribution in [2.75, 3.05) is 6.61 Å². The predicted molar refractivity (Wildman–Crippen MR) is 93.1 cm³/mol. The van der Waals surface area contributed by atoms with Gasteiger partial charge in [-0.1, -0.05) is 34.1 Å². The molecule has 2 rings (SSSR count). The number of nitro groups is 1. The molecule has 124 valence electrons. The third kappa shape index (κ3) is 5.17. The molecule has 0 heterocycles. The van der Waals surface area contributed by atoms with Gasteiger partial charge in [-0.15, -0.1) is 0 Å². The summed E-state index contributed by atoms with van der Waals surface area (Å²) in [5.74, 6) is 0.124. The first kappa shape index (κ1) is 17.6. The highest BCUT2D eigenvalue weighted by Gasteiger charge is 2.08. The fourth-order valence-corrected chi connectivity index (χ4v) is 2.17. The molecule has 0 bridgehead atoms. The third-order valence-electron chi connectivity index (χ3n) is 2.99. The molecule has 8 heteroatoms.